The first kappa shape index (κ1) is 20.9. The molecule has 0 radical (unpaired) electrons. The molecule has 1 aromatic carbocycles. The highest BCUT2D eigenvalue weighted by molar-refractivity contribution is 6.33. The summed E-state index contributed by atoms with van der Waals surface area (Å²) in [7, 11) is 0. The topological polar surface area (TPSA) is 96.9 Å². The minimum atomic E-state index is -0.488. The molecule has 31 heavy (non-hydrogen) atoms. The Balaban J connectivity index is 1.67. The molecule has 3 aromatic rings. The van der Waals surface area contributed by atoms with E-state index in [2.05, 4.69) is 25.6 Å². The summed E-state index contributed by atoms with van der Waals surface area (Å²) in [6.45, 7) is 2.66. The van der Waals surface area contributed by atoms with Gasteiger partial charge in [-0.3, -0.25) is 19.6 Å². The highest BCUT2D eigenvalue weighted by Gasteiger charge is 2.26. The van der Waals surface area contributed by atoms with Gasteiger partial charge in [0.1, 0.15) is 5.82 Å². The lowest BCUT2D eigenvalue weighted by molar-refractivity contribution is -0.120. The van der Waals surface area contributed by atoms with E-state index in [9.17, 15) is 14.0 Å². The number of rotatable bonds is 6. The molecule has 158 valence electrons. The molecular formula is C22H19ClFN5O2. The molecule has 0 aliphatic carbocycles. The van der Waals surface area contributed by atoms with Gasteiger partial charge < -0.3 is 10.6 Å². The maximum atomic E-state index is 14.5. The third-order valence-corrected chi connectivity index (χ3v) is 5.20. The molecule has 2 N–H and O–H groups in total. The number of aromatic nitrogens is 3. The van der Waals surface area contributed by atoms with Gasteiger partial charge in [0.25, 0.3) is 5.91 Å². The third-order valence-electron chi connectivity index (χ3n) is 4.88. The van der Waals surface area contributed by atoms with Crippen LogP contribution in [0.2, 0.25) is 5.02 Å². The van der Waals surface area contributed by atoms with Gasteiger partial charge in [-0.1, -0.05) is 17.7 Å². The molecule has 1 aliphatic rings. The molecule has 1 aliphatic heterocycles. The number of amides is 2. The van der Waals surface area contributed by atoms with Crippen molar-refractivity contribution < 1.29 is 14.0 Å². The number of hydrogen-bond acceptors (Lipinski definition) is 5. The Hall–Kier alpha value is -3.39. The largest absolute Gasteiger partial charge is 0.356 e. The van der Waals surface area contributed by atoms with Gasteiger partial charge >= 0.3 is 0 Å². The van der Waals surface area contributed by atoms with Gasteiger partial charge in [-0.2, -0.15) is 0 Å². The summed E-state index contributed by atoms with van der Waals surface area (Å²) in [5.41, 5.74) is 3.36. The van der Waals surface area contributed by atoms with E-state index in [0.29, 0.717) is 46.9 Å². The molecule has 4 rings (SSSR count). The average Bonchev–Trinajstić information content (AvgIpc) is 3.11. The van der Waals surface area contributed by atoms with Gasteiger partial charge in [-0.15, -0.1) is 0 Å². The molecule has 0 fully saturated rings. The summed E-state index contributed by atoms with van der Waals surface area (Å²) < 4.78 is 14.5. The number of pyridine rings is 1. The van der Waals surface area contributed by atoms with Crippen LogP contribution in [0.3, 0.4) is 0 Å². The van der Waals surface area contributed by atoms with Crippen molar-refractivity contribution >= 4 is 23.4 Å². The molecule has 0 atom stereocenters. The Bertz CT molecular complexity index is 1150. The van der Waals surface area contributed by atoms with E-state index in [0.717, 1.165) is 0 Å². The highest BCUT2D eigenvalue weighted by atomic mass is 35.5. The molecule has 2 amide bonds. The van der Waals surface area contributed by atoms with Crippen molar-refractivity contribution in [3.63, 3.8) is 0 Å². The lowest BCUT2D eigenvalue weighted by Gasteiger charge is -2.11. The number of halogens is 2. The zero-order chi connectivity index (χ0) is 22.0. The quantitative estimate of drug-likeness (QED) is 0.615. The molecule has 2 aromatic heterocycles. The highest BCUT2D eigenvalue weighted by Crippen LogP contribution is 2.32. The fourth-order valence-corrected chi connectivity index (χ4v) is 3.77. The molecule has 0 spiro atoms. The smallest absolute Gasteiger partial charge is 0.253 e. The molecular weight excluding hydrogens is 421 g/mol. The van der Waals surface area contributed by atoms with E-state index < -0.39 is 5.82 Å². The van der Waals surface area contributed by atoms with Crippen molar-refractivity contribution in [2.45, 2.75) is 26.3 Å². The Kier molecular flexibility index (Phi) is 5.90. The summed E-state index contributed by atoms with van der Waals surface area (Å²) in [6.07, 6.45) is 3.56. The minimum absolute atomic E-state index is 0.125. The van der Waals surface area contributed by atoms with E-state index in [1.54, 1.807) is 24.5 Å². The number of benzene rings is 1. The van der Waals surface area contributed by atoms with Crippen LogP contribution < -0.4 is 10.6 Å². The lowest BCUT2D eigenvalue weighted by atomic mass is 9.99. The lowest BCUT2D eigenvalue weighted by Crippen LogP contribution is -2.24. The summed E-state index contributed by atoms with van der Waals surface area (Å²) in [5, 5.41) is 5.71. The molecule has 0 unspecified atom stereocenters. The van der Waals surface area contributed by atoms with Gasteiger partial charge in [0.2, 0.25) is 5.91 Å². The van der Waals surface area contributed by atoms with Crippen molar-refractivity contribution in [2.75, 3.05) is 6.54 Å². The number of carbonyl (C=O) groups excluding carboxylic acids is 2. The Labute approximate surface area is 183 Å². The van der Waals surface area contributed by atoms with E-state index in [-0.39, 0.29) is 35.4 Å². The fourth-order valence-electron chi connectivity index (χ4n) is 3.51. The van der Waals surface area contributed by atoms with E-state index in [1.165, 1.54) is 12.1 Å². The van der Waals surface area contributed by atoms with Crippen LogP contribution >= 0.6 is 11.6 Å². The third kappa shape index (κ3) is 4.39. The first-order valence-corrected chi connectivity index (χ1v) is 10.2. The zero-order valence-electron chi connectivity index (χ0n) is 16.7. The molecule has 0 bridgehead atoms. The van der Waals surface area contributed by atoms with Crippen LogP contribution in [0.25, 0.3) is 11.3 Å². The van der Waals surface area contributed by atoms with Crippen molar-refractivity contribution in [1.29, 1.82) is 0 Å². The van der Waals surface area contributed by atoms with Gasteiger partial charge in [-0.25, -0.2) is 9.37 Å². The molecule has 9 heteroatoms. The molecule has 0 saturated carbocycles. The molecule has 7 nitrogen and oxygen atoms in total. The number of carbonyl (C=O) groups is 2. The van der Waals surface area contributed by atoms with Gasteiger partial charge in [0.05, 0.1) is 51.9 Å². The maximum Gasteiger partial charge on any atom is 0.253 e. The van der Waals surface area contributed by atoms with Crippen LogP contribution in [0.1, 0.15) is 39.9 Å². The predicted octanol–water partition coefficient (Wildman–Crippen LogP) is 2.84. The monoisotopic (exact) mass is 439 g/mol. The van der Waals surface area contributed by atoms with Crippen molar-refractivity contribution in [3.05, 3.63) is 75.7 Å². The maximum absolute atomic E-state index is 14.5. The van der Waals surface area contributed by atoms with E-state index in [4.69, 9.17) is 11.6 Å². The normalized spacial score (nSPS) is 12.4. The standard InChI is InChI=1S/C22H19ClFN5O2/c1-2-25-19(30)8-14-10-26-13(9-27-14)6-12-7-17(21-15(23)4-3-5-16(21)24)29-18-11-28-22(31)20(12)18/h3-5,7,9-10H,2,6,8,11H2,1H3,(H,25,30)(H,28,31). The molecule has 0 saturated heterocycles. The Morgan fingerprint density at radius 2 is 2.00 bits per heavy atom. The number of hydrogen-bond donors (Lipinski definition) is 2. The second-order valence-corrected chi connectivity index (χ2v) is 7.48. The van der Waals surface area contributed by atoms with Crippen LogP contribution in [0, 0.1) is 5.82 Å². The average molecular weight is 440 g/mol. The first-order valence-electron chi connectivity index (χ1n) is 9.78. The fraction of sp³-hybridized carbons (Fsp3) is 0.227. The van der Waals surface area contributed by atoms with E-state index >= 15 is 0 Å². The van der Waals surface area contributed by atoms with Crippen molar-refractivity contribution in [1.82, 2.24) is 25.6 Å². The number of fused-ring (bicyclic) bond motifs is 1. The van der Waals surface area contributed by atoms with Crippen LogP contribution in [-0.2, 0) is 24.2 Å². The number of nitrogens with zero attached hydrogens (tertiary/aromatic N) is 3. The zero-order valence-corrected chi connectivity index (χ0v) is 17.5. The van der Waals surface area contributed by atoms with Crippen LogP contribution in [0.4, 0.5) is 4.39 Å². The minimum Gasteiger partial charge on any atom is -0.356 e. The van der Waals surface area contributed by atoms with Crippen LogP contribution in [-0.4, -0.2) is 33.3 Å². The number of nitrogens with one attached hydrogen (secondary N) is 2. The molecule has 3 heterocycles. The predicted molar refractivity (Wildman–Crippen MR) is 113 cm³/mol. The summed E-state index contributed by atoms with van der Waals surface area (Å²) in [5.74, 6) is -0.846. The van der Waals surface area contributed by atoms with Crippen LogP contribution in [0.15, 0.2) is 36.7 Å². The first-order chi connectivity index (χ1) is 15.0. The van der Waals surface area contributed by atoms with E-state index in [1.807, 2.05) is 6.92 Å². The second kappa shape index (κ2) is 8.77. The van der Waals surface area contributed by atoms with Gasteiger partial charge in [-0.05, 0) is 30.7 Å². The Morgan fingerprint density at radius 3 is 2.71 bits per heavy atom. The van der Waals surface area contributed by atoms with Crippen molar-refractivity contribution in [3.8, 4) is 11.3 Å². The SMILES string of the molecule is CCNC(=O)Cc1cnc(Cc2cc(-c3c(F)cccc3Cl)nc3c2C(=O)NC3)cn1. The van der Waals surface area contributed by atoms with Crippen LogP contribution in [0.5, 0.6) is 0 Å². The van der Waals surface area contributed by atoms with Gasteiger partial charge in [0.15, 0.2) is 0 Å². The second-order valence-electron chi connectivity index (χ2n) is 7.07. The number of likely N-dealkylation sites (N-methyl/N-ethyl adjacent to an activating group) is 1. The summed E-state index contributed by atoms with van der Waals surface area (Å²) >= 11 is 6.22. The van der Waals surface area contributed by atoms with Gasteiger partial charge in [0, 0.05) is 25.4 Å². The summed E-state index contributed by atoms with van der Waals surface area (Å²) in [6, 6.07) is 6.10. The summed E-state index contributed by atoms with van der Waals surface area (Å²) in [4.78, 5) is 37.2. The Morgan fingerprint density at radius 1 is 1.23 bits per heavy atom. The van der Waals surface area contributed by atoms with Crippen molar-refractivity contribution in [2.24, 2.45) is 0 Å².